The smallest absolute Gasteiger partial charge is 0.321 e. The van der Waals surface area contributed by atoms with Gasteiger partial charge in [-0.05, 0) is 36.7 Å². The van der Waals surface area contributed by atoms with Crippen LogP contribution in [0.1, 0.15) is 52.9 Å². The molecule has 4 N–H and O–H groups in total. The van der Waals surface area contributed by atoms with Crippen molar-refractivity contribution < 1.29 is 44.3 Å². The number of carbonyl (C=O) groups is 3. The number of aliphatic hydroxyl groups is 4. The van der Waals surface area contributed by atoms with Gasteiger partial charge < -0.3 is 29.9 Å². The van der Waals surface area contributed by atoms with E-state index in [9.17, 15) is 34.8 Å². The molecule has 0 aromatic carbocycles. The highest BCUT2D eigenvalue weighted by Crippen LogP contribution is 2.62. The van der Waals surface area contributed by atoms with Gasteiger partial charge in [0.15, 0.2) is 11.9 Å². The summed E-state index contributed by atoms with van der Waals surface area (Å²) in [5, 5.41) is 43.3. The fraction of sp³-hybridized carbons (Fsp3) is 0.593. The van der Waals surface area contributed by atoms with Gasteiger partial charge in [-0.1, -0.05) is 33.3 Å². The molecule has 0 aromatic rings. The maximum atomic E-state index is 14.1. The van der Waals surface area contributed by atoms with Gasteiger partial charge in [-0.2, -0.15) is 0 Å². The lowest BCUT2D eigenvalue weighted by atomic mass is 9.50. The van der Waals surface area contributed by atoms with E-state index in [1.165, 1.54) is 7.11 Å². The van der Waals surface area contributed by atoms with Crippen molar-refractivity contribution in [3.63, 3.8) is 0 Å². The standard InChI is InChI=1S/C27H34O9/c1-6-26(4)11-8-13-16(23(26)33)18(30)20(32)22-25(2,3)9-7-10-27(13,22)24(34)36-21-14(28)12-15(35-5)17(29)19(21)31/h6,12,17,19,21,23,29,31-33H,1,7-11H2,2-5H3/t17-,19-,21-,23-,26+,27+/m1/s1. The van der Waals surface area contributed by atoms with Crippen LogP contribution >= 0.6 is 0 Å². The summed E-state index contributed by atoms with van der Waals surface area (Å²) in [5.41, 5.74) is -2.68. The Bertz CT molecular complexity index is 1130. The van der Waals surface area contributed by atoms with Gasteiger partial charge in [0.05, 0.1) is 13.2 Å². The van der Waals surface area contributed by atoms with Crippen LogP contribution < -0.4 is 0 Å². The summed E-state index contributed by atoms with van der Waals surface area (Å²) in [5.74, 6) is -3.15. The van der Waals surface area contributed by atoms with E-state index in [-0.39, 0.29) is 29.7 Å². The van der Waals surface area contributed by atoms with E-state index in [4.69, 9.17) is 9.47 Å². The zero-order valence-electron chi connectivity index (χ0n) is 21.0. The maximum absolute atomic E-state index is 14.1. The van der Waals surface area contributed by atoms with Gasteiger partial charge >= 0.3 is 5.97 Å². The van der Waals surface area contributed by atoms with Gasteiger partial charge in [-0.25, -0.2) is 0 Å². The minimum Gasteiger partial charge on any atom is -0.504 e. The van der Waals surface area contributed by atoms with Crippen LogP contribution in [0, 0.1) is 16.2 Å². The monoisotopic (exact) mass is 502 g/mol. The number of carbonyl (C=O) groups excluding carboxylic acids is 3. The van der Waals surface area contributed by atoms with Crippen LogP contribution in [0.4, 0.5) is 0 Å². The Kier molecular flexibility index (Phi) is 6.34. The number of Topliss-reactive ketones (excluding diaryl/α,β-unsaturated/α-hetero) is 1. The molecule has 6 atom stereocenters. The Labute approximate surface area is 209 Å². The topological polar surface area (TPSA) is 151 Å². The van der Waals surface area contributed by atoms with E-state index >= 15 is 0 Å². The van der Waals surface area contributed by atoms with Crippen LogP contribution in [0.3, 0.4) is 0 Å². The predicted octanol–water partition coefficient (Wildman–Crippen LogP) is 1.97. The van der Waals surface area contributed by atoms with Gasteiger partial charge in [0.25, 0.3) is 0 Å². The molecule has 4 rings (SSSR count). The van der Waals surface area contributed by atoms with Crippen molar-refractivity contribution in [2.45, 2.75) is 77.3 Å². The van der Waals surface area contributed by atoms with Crippen LogP contribution in [-0.2, 0) is 23.9 Å². The highest BCUT2D eigenvalue weighted by Gasteiger charge is 2.62. The summed E-state index contributed by atoms with van der Waals surface area (Å²) >= 11 is 0. The van der Waals surface area contributed by atoms with Crippen molar-refractivity contribution in [2.24, 2.45) is 16.2 Å². The summed E-state index contributed by atoms with van der Waals surface area (Å²) in [6.45, 7) is 9.20. The van der Waals surface area contributed by atoms with Crippen LogP contribution in [0.5, 0.6) is 0 Å². The Hall–Kier alpha value is -2.75. The zero-order valence-corrected chi connectivity index (χ0v) is 21.0. The van der Waals surface area contributed by atoms with Crippen molar-refractivity contribution >= 4 is 17.5 Å². The number of aliphatic hydroxyl groups excluding tert-OH is 4. The van der Waals surface area contributed by atoms with E-state index in [1.54, 1.807) is 13.0 Å². The number of allylic oxidation sites excluding steroid dienone is 1. The average Bonchev–Trinajstić information content (AvgIpc) is 2.83. The highest BCUT2D eigenvalue weighted by atomic mass is 16.6. The van der Waals surface area contributed by atoms with Gasteiger partial charge in [0, 0.05) is 22.6 Å². The van der Waals surface area contributed by atoms with Gasteiger partial charge in [0.2, 0.25) is 11.6 Å². The lowest BCUT2D eigenvalue weighted by Gasteiger charge is -2.53. The second-order valence-electron chi connectivity index (χ2n) is 11.1. The molecule has 196 valence electrons. The number of ketones is 2. The number of hydrogen-bond donors (Lipinski definition) is 4. The molecule has 0 radical (unpaired) electrons. The molecule has 0 saturated heterocycles. The SMILES string of the molecule is C=C[C@@]1(C)CCC2=C(C(=O)C(O)=C3C(C)(C)CCC[C@]23C(=O)O[C@@H]2C(=O)C=C(OC)[C@@H](O)[C@H]2O)[C@H]1O. The normalized spacial score (nSPS) is 38.1. The molecule has 0 aromatic heterocycles. The van der Waals surface area contributed by atoms with Gasteiger partial charge in [0.1, 0.15) is 23.4 Å². The largest absolute Gasteiger partial charge is 0.504 e. The van der Waals surface area contributed by atoms with Crippen molar-refractivity contribution in [2.75, 3.05) is 7.11 Å². The van der Waals surface area contributed by atoms with Gasteiger partial charge in [-0.3, -0.25) is 14.4 Å². The minimum absolute atomic E-state index is 0.0448. The summed E-state index contributed by atoms with van der Waals surface area (Å²) in [6.07, 6.45) is -1.82. The average molecular weight is 503 g/mol. The maximum Gasteiger partial charge on any atom is 0.321 e. The predicted molar refractivity (Wildman–Crippen MR) is 127 cm³/mol. The van der Waals surface area contributed by atoms with Crippen molar-refractivity contribution in [3.8, 4) is 0 Å². The number of methoxy groups -OCH3 is 1. The van der Waals surface area contributed by atoms with E-state index in [0.717, 1.165) is 6.08 Å². The first-order valence-corrected chi connectivity index (χ1v) is 12.2. The number of rotatable bonds is 4. The molecule has 0 unspecified atom stereocenters. The fourth-order valence-corrected chi connectivity index (χ4v) is 6.43. The van der Waals surface area contributed by atoms with Crippen LogP contribution in [-0.4, -0.2) is 69.5 Å². The van der Waals surface area contributed by atoms with Crippen molar-refractivity contribution in [1.29, 1.82) is 0 Å². The summed E-state index contributed by atoms with van der Waals surface area (Å²) in [7, 11) is 1.24. The third-order valence-corrected chi connectivity index (χ3v) is 8.58. The second kappa shape index (κ2) is 8.68. The van der Waals surface area contributed by atoms with Crippen LogP contribution in [0.15, 0.2) is 47.0 Å². The van der Waals surface area contributed by atoms with Crippen molar-refractivity contribution in [3.05, 3.63) is 47.0 Å². The van der Waals surface area contributed by atoms with Gasteiger partial charge in [-0.15, -0.1) is 6.58 Å². The number of ether oxygens (including phenoxy) is 2. The number of esters is 1. The summed E-state index contributed by atoms with van der Waals surface area (Å²) in [4.78, 5) is 40.2. The molecule has 4 aliphatic carbocycles. The Morgan fingerprint density at radius 1 is 1.14 bits per heavy atom. The molecule has 0 bridgehead atoms. The van der Waals surface area contributed by atoms with Crippen molar-refractivity contribution in [1.82, 2.24) is 0 Å². The molecule has 9 heteroatoms. The summed E-state index contributed by atoms with van der Waals surface area (Å²) < 4.78 is 10.6. The Balaban J connectivity index is 1.88. The number of hydrogen-bond acceptors (Lipinski definition) is 9. The lowest BCUT2D eigenvalue weighted by Crippen LogP contribution is -2.55. The van der Waals surface area contributed by atoms with E-state index in [1.807, 2.05) is 13.8 Å². The fourth-order valence-electron chi connectivity index (χ4n) is 6.43. The Morgan fingerprint density at radius 2 is 1.81 bits per heavy atom. The van der Waals surface area contributed by atoms with E-state index in [0.29, 0.717) is 24.8 Å². The molecule has 9 nitrogen and oxygen atoms in total. The summed E-state index contributed by atoms with van der Waals surface area (Å²) in [6, 6.07) is 0. The first kappa shape index (κ1) is 26.3. The first-order valence-electron chi connectivity index (χ1n) is 12.2. The molecular formula is C27H34O9. The number of fused-ring (bicyclic) bond motifs is 2. The van der Waals surface area contributed by atoms with Crippen LogP contribution in [0.25, 0.3) is 0 Å². The lowest BCUT2D eigenvalue weighted by molar-refractivity contribution is -0.175. The molecule has 1 fully saturated rings. The van der Waals surface area contributed by atoms with Crippen LogP contribution in [0.2, 0.25) is 0 Å². The molecule has 1 saturated carbocycles. The molecule has 0 heterocycles. The van der Waals surface area contributed by atoms with E-state index in [2.05, 4.69) is 6.58 Å². The molecule has 0 spiro atoms. The zero-order chi connectivity index (χ0) is 26.8. The molecule has 0 aliphatic heterocycles. The Morgan fingerprint density at radius 3 is 2.42 bits per heavy atom. The molecule has 4 aliphatic rings. The molecule has 0 amide bonds. The highest BCUT2D eigenvalue weighted by molar-refractivity contribution is 6.12. The molecule has 36 heavy (non-hydrogen) atoms. The third-order valence-electron chi connectivity index (χ3n) is 8.58. The minimum atomic E-state index is -1.77. The third kappa shape index (κ3) is 3.51. The molecular weight excluding hydrogens is 468 g/mol. The second-order valence-corrected chi connectivity index (χ2v) is 11.1. The van der Waals surface area contributed by atoms with E-state index < -0.39 is 64.0 Å². The quantitative estimate of drug-likeness (QED) is 0.334. The first-order chi connectivity index (χ1) is 16.8.